The van der Waals surface area contributed by atoms with Crippen molar-refractivity contribution in [2.45, 2.75) is 45.4 Å². The van der Waals surface area contributed by atoms with Gasteiger partial charge in [-0.1, -0.05) is 43.6 Å². The van der Waals surface area contributed by atoms with Crippen LogP contribution in [0.1, 0.15) is 45.4 Å². The lowest BCUT2D eigenvalue weighted by Crippen LogP contribution is -1.87. The first-order valence-electron chi connectivity index (χ1n) is 4.78. The molecule has 0 aromatic rings. The Morgan fingerprint density at radius 1 is 1.36 bits per heavy atom. The average molecular weight is 150 g/mol. The summed E-state index contributed by atoms with van der Waals surface area (Å²) in [5.41, 5.74) is 1.65. The van der Waals surface area contributed by atoms with E-state index < -0.39 is 0 Å². The number of rotatable bonds is 4. The zero-order chi connectivity index (χ0) is 7.94. The standard InChI is InChI=1S/C11H18/c1-2-3-5-8-11-9-6-4-7-10-11/h4,6,9H,2-3,5,7-8,10H2,1H3. The fourth-order valence-electron chi connectivity index (χ4n) is 1.46. The summed E-state index contributed by atoms with van der Waals surface area (Å²) in [5, 5.41) is 0. The van der Waals surface area contributed by atoms with Crippen LogP contribution in [0, 0.1) is 0 Å². The minimum absolute atomic E-state index is 1.26. The van der Waals surface area contributed by atoms with E-state index in [4.69, 9.17) is 0 Å². The normalized spacial score (nSPS) is 16.6. The first-order chi connectivity index (χ1) is 5.43. The molecule has 0 aromatic heterocycles. The van der Waals surface area contributed by atoms with Crippen LogP contribution in [0.2, 0.25) is 0 Å². The van der Waals surface area contributed by atoms with Crippen LogP contribution in [0.25, 0.3) is 0 Å². The average Bonchev–Trinajstić information content (AvgIpc) is 2.07. The molecule has 0 amide bonds. The fraction of sp³-hybridized carbons (Fsp3) is 0.636. The van der Waals surface area contributed by atoms with Crippen LogP contribution in [0.3, 0.4) is 0 Å². The molecule has 0 bridgehead atoms. The third kappa shape index (κ3) is 3.41. The summed E-state index contributed by atoms with van der Waals surface area (Å²) in [4.78, 5) is 0. The van der Waals surface area contributed by atoms with Crippen molar-refractivity contribution in [2.24, 2.45) is 0 Å². The smallest absolute Gasteiger partial charge is 0.0282 e. The van der Waals surface area contributed by atoms with Gasteiger partial charge in [-0.25, -0.2) is 0 Å². The summed E-state index contributed by atoms with van der Waals surface area (Å²) in [6.07, 6.45) is 14.8. The van der Waals surface area contributed by atoms with Crippen molar-refractivity contribution in [2.75, 3.05) is 0 Å². The molecule has 0 saturated carbocycles. The highest BCUT2D eigenvalue weighted by Crippen LogP contribution is 2.17. The molecule has 11 heavy (non-hydrogen) atoms. The molecule has 0 N–H and O–H groups in total. The van der Waals surface area contributed by atoms with Gasteiger partial charge in [0.1, 0.15) is 0 Å². The van der Waals surface area contributed by atoms with E-state index in [1.807, 2.05) is 0 Å². The molecule has 0 atom stereocenters. The molecular weight excluding hydrogens is 132 g/mol. The lowest BCUT2D eigenvalue weighted by atomic mass is 9.99. The molecule has 0 saturated heterocycles. The maximum absolute atomic E-state index is 2.29. The van der Waals surface area contributed by atoms with Crippen molar-refractivity contribution >= 4 is 0 Å². The van der Waals surface area contributed by atoms with Gasteiger partial charge >= 0.3 is 0 Å². The van der Waals surface area contributed by atoms with E-state index in [1.165, 1.54) is 38.5 Å². The van der Waals surface area contributed by atoms with E-state index in [-0.39, 0.29) is 0 Å². The van der Waals surface area contributed by atoms with Crippen LogP contribution in [-0.4, -0.2) is 0 Å². The molecule has 0 unspecified atom stereocenters. The Morgan fingerprint density at radius 3 is 2.91 bits per heavy atom. The quantitative estimate of drug-likeness (QED) is 0.534. The lowest BCUT2D eigenvalue weighted by Gasteiger charge is -2.07. The monoisotopic (exact) mass is 150 g/mol. The van der Waals surface area contributed by atoms with Gasteiger partial charge < -0.3 is 0 Å². The molecular formula is C11H18. The lowest BCUT2D eigenvalue weighted by molar-refractivity contribution is 0.694. The van der Waals surface area contributed by atoms with Gasteiger partial charge in [-0.3, -0.25) is 0 Å². The zero-order valence-electron chi connectivity index (χ0n) is 7.47. The van der Waals surface area contributed by atoms with Gasteiger partial charge in [-0.05, 0) is 25.7 Å². The van der Waals surface area contributed by atoms with Crippen LogP contribution in [0.5, 0.6) is 0 Å². The van der Waals surface area contributed by atoms with Gasteiger partial charge in [0.05, 0.1) is 0 Å². The van der Waals surface area contributed by atoms with E-state index in [1.54, 1.807) is 5.57 Å². The molecule has 0 radical (unpaired) electrons. The van der Waals surface area contributed by atoms with Gasteiger partial charge in [-0.15, -0.1) is 0 Å². The number of hydrogen-bond donors (Lipinski definition) is 0. The predicted octanol–water partition coefficient (Wildman–Crippen LogP) is 3.84. The molecule has 0 fully saturated rings. The van der Waals surface area contributed by atoms with Crippen LogP contribution >= 0.6 is 0 Å². The topological polar surface area (TPSA) is 0 Å². The van der Waals surface area contributed by atoms with Crippen molar-refractivity contribution in [3.63, 3.8) is 0 Å². The Kier molecular flexibility index (Phi) is 4.03. The molecule has 1 rings (SSSR count). The minimum atomic E-state index is 1.26. The molecule has 1 aliphatic rings. The fourth-order valence-corrected chi connectivity index (χ4v) is 1.46. The largest absolute Gasteiger partial charge is 0.0842 e. The van der Waals surface area contributed by atoms with Crippen molar-refractivity contribution in [3.8, 4) is 0 Å². The molecule has 0 aromatic carbocycles. The van der Waals surface area contributed by atoms with Gasteiger partial charge in [0.25, 0.3) is 0 Å². The SMILES string of the molecule is CCCCCC1=CC=CCC1. The van der Waals surface area contributed by atoms with Crippen LogP contribution < -0.4 is 0 Å². The second kappa shape index (κ2) is 5.17. The summed E-state index contributed by atoms with van der Waals surface area (Å²) in [5.74, 6) is 0. The number of unbranched alkanes of at least 4 members (excludes halogenated alkanes) is 2. The predicted molar refractivity (Wildman–Crippen MR) is 50.6 cm³/mol. The van der Waals surface area contributed by atoms with Crippen LogP contribution in [0.15, 0.2) is 23.8 Å². The second-order valence-electron chi connectivity index (χ2n) is 3.25. The van der Waals surface area contributed by atoms with Crippen molar-refractivity contribution < 1.29 is 0 Å². The molecule has 0 aliphatic heterocycles. The Hall–Kier alpha value is -0.520. The second-order valence-corrected chi connectivity index (χ2v) is 3.25. The van der Waals surface area contributed by atoms with E-state index in [0.717, 1.165) is 0 Å². The number of allylic oxidation sites excluding steroid dienone is 4. The van der Waals surface area contributed by atoms with Crippen molar-refractivity contribution in [3.05, 3.63) is 23.8 Å². The first-order valence-corrected chi connectivity index (χ1v) is 4.78. The maximum Gasteiger partial charge on any atom is -0.0282 e. The highest BCUT2D eigenvalue weighted by Gasteiger charge is 1.98. The van der Waals surface area contributed by atoms with Gasteiger partial charge in [-0.2, -0.15) is 0 Å². The van der Waals surface area contributed by atoms with Gasteiger partial charge in [0, 0.05) is 0 Å². The molecule has 0 spiro atoms. The Bertz CT molecular complexity index is 151. The van der Waals surface area contributed by atoms with E-state index >= 15 is 0 Å². The summed E-state index contributed by atoms with van der Waals surface area (Å²) >= 11 is 0. The molecule has 1 aliphatic carbocycles. The summed E-state index contributed by atoms with van der Waals surface area (Å²) in [6, 6.07) is 0. The molecule has 0 heterocycles. The van der Waals surface area contributed by atoms with E-state index in [9.17, 15) is 0 Å². The highest BCUT2D eigenvalue weighted by atomic mass is 14.0. The van der Waals surface area contributed by atoms with Crippen molar-refractivity contribution in [1.82, 2.24) is 0 Å². The van der Waals surface area contributed by atoms with Gasteiger partial charge in [0.2, 0.25) is 0 Å². The van der Waals surface area contributed by atoms with Gasteiger partial charge in [0.15, 0.2) is 0 Å². The molecule has 62 valence electrons. The molecule has 0 heteroatoms. The maximum atomic E-state index is 2.29. The van der Waals surface area contributed by atoms with Crippen molar-refractivity contribution in [1.29, 1.82) is 0 Å². The van der Waals surface area contributed by atoms with E-state index in [0.29, 0.717) is 0 Å². The van der Waals surface area contributed by atoms with E-state index in [2.05, 4.69) is 25.2 Å². The summed E-state index contributed by atoms with van der Waals surface area (Å²) in [6.45, 7) is 2.26. The van der Waals surface area contributed by atoms with Crippen LogP contribution in [-0.2, 0) is 0 Å². The first kappa shape index (κ1) is 8.58. The minimum Gasteiger partial charge on any atom is -0.0842 e. The Labute approximate surface area is 70.0 Å². The third-order valence-electron chi connectivity index (χ3n) is 2.20. The summed E-state index contributed by atoms with van der Waals surface area (Å²) in [7, 11) is 0. The highest BCUT2D eigenvalue weighted by molar-refractivity contribution is 5.17. The third-order valence-corrected chi connectivity index (χ3v) is 2.20. The molecule has 0 nitrogen and oxygen atoms in total. The number of hydrogen-bond acceptors (Lipinski definition) is 0. The Morgan fingerprint density at radius 2 is 2.27 bits per heavy atom. The summed E-state index contributed by atoms with van der Waals surface area (Å²) < 4.78 is 0. The zero-order valence-corrected chi connectivity index (χ0v) is 7.47. The van der Waals surface area contributed by atoms with Crippen LogP contribution in [0.4, 0.5) is 0 Å². The Balaban J connectivity index is 2.15.